The topological polar surface area (TPSA) is 66.3 Å². The first-order valence-corrected chi connectivity index (χ1v) is 8.63. The molecule has 1 aliphatic heterocycles. The summed E-state index contributed by atoms with van der Waals surface area (Å²) in [5.41, 5.74) is 1.36. The fourth-order valence-electron chi connectivity index (χ4n) is 3.09. The summed E-state index contributed by atoms with van der Waals surface area (Å²) in [6, 6.07) is 12.0. The van der Waals surface area contributed by atoms with Crippen LogP contribution in [-0.2, 0) is 13.1 Å². The second-order valence-corrected chi connectivity index (χ2v) is 6.39. The molecular weight excluding hydrogens is 302 g/mol. The monoisotopic (exact) mass is 327 g/mol. The summed E-state index contributed by atoms with van der Waals surface area (Å²) in [7, 11) is 0. The van der Waals surface area contributed by atoms with E-state index in [1.807, 2.05) is 36.4 Å². The zero-order valence-electron chi connectivity index (χ0n) is 13.9. The minimum Gasteiger partial charge on any atom is -0.503 e. The Morgan fingerprint density at radius 3 is 2.88 bits per heavy atom. The van der Waals surface area contributed by atoms with E-state index in [4.69, 9.17) is 0 Å². The van der Waals surface area contributed by atoms with E-state index >= 15 is 0 Å². The lowest BCUT2D eigenvalue weighted by Gasteiger charge is -2.17. The summed E-state index contributed by atoms with van der Waals surface area (Å²) in [6.45, 7) is 2.98. The molecule has 1 atom stereocenters. The third-order valence-electron chi connectivity index (χ3n) is 4.55. The Balaban J connectivity index is 1.67. The van der Waals surface area contributed by atoms with Crippen LogP contribution in [0.3, 0.4) is 0 Å². The van der Waals surface area contributed by atoms with Gasteiger partial charge in [-0.1, -0.05) is 36.8 Å². The van der Waals surface area contributed by atoms with Crippen molar-refractivity contribution in [3.63, 3.8) is 0 Å². The second-order valence-electron chi connectivity index (χ2n) is 6.39. The summed E-state index contributed by atoms with van der Waals surface area (Å²) in [6.07, 6.45) is 5.30. The van der Waals surface area contributed by atoms with E-state index in [-0.39, 0.29) is 11.3 Å². The molecule has 0 radical (unpaired) electrons. The molecule has 0 saturated carbocycles. The third-order valence-corrected chi connectivity index (χ3v) is 4.55. The van der Waals surface area contributed by atoms with Gasteiger partial charge in [0.15, 0.2) is 5.75 Å². The predicted molar refractivity (Wildman–Crippen MR) is 95.3 cm³/mol. The largest absolute Gasteiger partial charge is 0.503 e. The highest BCUT2D eigenvalue weighted by molar-refractivity contribution is 5.29. The molecule has 1 aliphatic rings. The van der Waals surface area contributed by atoms with Crippen LogP contribution in [-0.4, -0.2) is 28.8 Å². The molecule has 1 aromatic carbocycles. The van der Waals surface area contributed by atoms with E-state index in [9.17, 15) is 9.90 Å². The molecule has 0 spiro atoms. The Morgan fingerprint density at radius 2 is 2.04 bits per heavy atom. The molecule has 128 valence electrons. The van der Waals surface area contributed by atoms with Gasteiger partial charge in [-0.15, -0.1) is 0 Å². The number of hydrogen-bond donors (Lipinski definition) is 3. The number of nitrogens with zero attached hydrogens (tertiary/aromatic N) is 1. The van der Waals surface area contributed by atoms with Crippen LogP contribution in [0.5, 0.6) is 5.75 Å². The van der Waals surface area contributed by atoms with Crippen LogP contribution < -0.4 is 16.2 Å². The number of pyridine rings is 1. The Hall–Kier alpha value is -2.11. The Kier molecular flexibility index (Phi) is 5.67. The first-order valence-electron chi connectivity index (χ1n) is 8.63. The van der Waals surface area contributed by atoms with Crippen molar-refractivity contribution in [2.24, 2.45) is 0 Å². The number of rotatable bonds is 5. The molecule has 5 nitrogen and oxygen atoms in total. The Morgan fingerprint density at radius 1 is 1.21 bits per heavy atom. The number of hydrogen-bond acceptors (Lipinski definition) is 4. The van der Waals surface area contributed by atoms with E-state index in [1.165, 1.54) is 12.8 Å². The van der Waals surface area contributed by atoms with E-state index in [0.717, 1.165) is 25.1 Å². The molecule has 1 unspecified atom stereocenters. The van der Waals surface area contributed by atoms with Crippen molar-refractivity contribution in [1.82, 2.24) is 15.2 Å². The van der Waals surface area contributed by atoms with Gasteiger partial charge in [0, 0.05) is 30.9 Å². The van der Waals surface area contributed by atoms with Crippen molar-refractivity contribution in [1.29, 1.82) is 0 Å². The molecular formula is C19H25N3O2. The lowest BCUT2D eigenvalue weighted by Crippen LogP contribution is -2.37. The molecule has 0 bridgehead atoms. The highest BCUT2D eigenvalue weighted by atomic mass is 16.3. The van der Waals surface area contributed by atoms with Crippen molar-refractivity contribution >= 4 is 0 Å². The van der Waals surface area contributed by atoms with Gasteiger partial charge in [0.2, 0.25) is 0 Å². The maximum atomic E-state index is 12.4. The van der Waals surface area contributed by atoms with Crippen molar-refractivity contribution < 1.29 is 5.11 Å². The highest BCUT2D eigenvalue weighted by Gasteiger charge is 2.14. The molecule has 5 heteroatoms. The van der Waals surface area contributed by atoms with Gasteiger partial charge in [0.05, 0.1) is 6.54 Å². The quantitative estimate of drug-likeness (QED) is 0.784. The smallest absolute Gasteiger partial charge is 0.293 e. The molecule has 2 aromatic rings. The van der Waals surface area contributed by atoms with Gasteiger partial charge in [0.25, 0.3) is 5.56 Å². The number of nitrogens with one attached hydrogen (secondary N) is 2. The summed E-state index contributed by atoms with van der Waals surface area (Å²) < 4.78 is 1.54. The molecule has 1 aromatic heterocycles. The minimum atomic E-state index is -0.336. The third kappa shape index (κ3) is 4.24. The lowest BCUT2D eigenvalue weighted by atomic mass is 10.1. The van der Waals surface area contributed by atoms with Gasteiger partial charge < -0.3 is 20.3 Å². The van der Waals surface area contributed by atoms with Crippen molar-refractivity contribution in [2.75, 3.05) is 13.1 Å². The van der Waals surface area contributed by atoms with Gasteiger partial charge in [-0.05, 0) is 31.0 Å². The molecule has 3 rings (SSSR count). The second kappa shape index (κ2) is 8.13. The Bertz CT molecular complexity index is 704. The fourth-order valence-corrected chi connectivity index (χ4v) is 3.09. The van der Waals surface area contributed by atoms with Crippen molar-refractivity contribution in [3.8, 4) is 5.75 Å². The number of aromatic hydroxyl groups is 1. The zero-order valence-corrected chi connectivity index (χ0v) is 13.9. The van der Waals surface area contributed by atoms with Gasteiger partial charge >= 0.3 is 0 Å². The average molecular weight is 327 g/mol. The van der Waals surface area contributed by atoms with Crippen molar-refractivity contribution in [2.45, 2.75) is 38.4 Å². The van der Waals surface area contributed by atoms with Crippen LogP contribution in [0.25, 0.3) is 0 Å². The molecule has 3 N–H and O–H groups in total. The average Bonchev–Trinajstić information content (AvgIpc) is 2.88. The maximum Gasteiger partial charge on any atom is 0.293 e. The van der Waals surface area contributed by atoms with Gasteiger partial charge in [-0.3, -0.25) is 4.79 Å². The number of benzene rings is 1. The van der Waals surface area contributed by atoms with Crippen LogP contribution in [0.15, 0.2) is 47.4 Å². The SMILES string of the molecule is O=c1c(O)c(CNC2CCCCNC2)ccn1Cc1ccccc1. The first kappa shape index (κ1) is 16.7. The minimum absolute atomic E-state index is 0.150. The summed E-state index contributed by atoms with van der Waals surface area (Å²) in [5, 5.41) is 17.1. The van der Waals surface area contributed by atoms with Crippen LogP contribution >= 0.6 is 0 Å². The highest BCUT2D eigenvalue weighted by Crippen LogP contribution is 2.13. The summed E-state index contributed by atoms with van der Waals surface area (Å²) in [5.74, 6) is -0.150. The van der Waals surface area contributed by atoms with E-state index in [2.05, 4.69) is 10.6 Å². The van der Waals surface area contributed by atoms with Gasteiger partial charge in [0.1, 0.15) is 0 Å². The van der Waals surface area contributed by atoms with Gasteiger partial charge in [-0.25, -0.2) is 0 Å². The summed E-state index contributed by atoms with van der Waals surface area (Å²) >= 11 is 0. The van der Waals surface area contributed by atoms with E-state index in [0.29, 0.717) is 24.7 Å². The molecule has 24 heavy (non-hydrogen) atoms. The van der Waals surface area contributed by atoms with Crippen LogP contribution in [0.4, 0.5) is 0 Å². The first-order chi connectivity index (χ1) is 11.7. The zero-order chi connectivity index (χ0) is 16.8. The number of aromatic nitrogens is 1. The fraction of sp³-hybridized carbons (Fsp3) is 0.421. The molecule has 2 heterocycles. The normalized spacial score (nSPS) is 18.2. The van der Waals surface area contributed by atoms with E-state index in [1.54, 1.807) is 10.8 Å². The molecule has 1 saturated heterocycles. The lowest BCUT2D eigenvalue weighted by molar-refractivity contribution is 0.434. The van der Waals surface area contributed by atoms with Crippen LogP contribution in [0.2, 0.25) is 0 Å². The van der Waals surface area contributed by atoms with Crippen molar-refractivity contribution in [3.05, 3.63) is 64.1 Å². The van der Waals surface area contributed by atoms with Crippen LogP contribution in [0.1, 0.15) is 30.4 Å². The Labute approximate surface area is 142 Å². The molecule has 0 amide bonds. The molecule has 1 fully saturated rings. The maximum absolute atomic E-state index is 12.4. The standard InChI is InChI=1S/C19H25N3O2/c23-18-16(12-21-17-8-4-5-10-20-13-17)9-11-22(19(18)24)14-15-6-2-1-3-7-15/h1-3,6-7,9,11,17,20-21,23H,4-5,8,10,12-14H2. The van der Waals surface area contributed by atoms with Gasteiger partial charge in [-0.2, -0.15) is 0 Å². The summed E-state index contributed by atoms with van der Waals surface area (Å²) in [4.78, 5) is 12.4. The van der Waals surface area contributed by atoms with Crippen LogP contribution in [0, 0.1) is 0 Å². The predicted octanol–water partition coefficient (Wildman–Crippen LogP) is 1.83. The molecule has 0 aliphatic carbocycles. The van der Waals surface area contributed by atoms with E-state index < -0.39 is 0 Å².